The summed E-state index contributed by atoms with van der Waals surface area (Å²) in [6, 6.07) is 3.56. The molecule has 4 nitrogen and oxygen atoms in total. The van der Waals surface area contributed by atoms with E-state index in [1.54, 1.807) is 12.4 Å². The van der Waals surface area contributed by atoms with Crippen LogP contribution in [0.1, 0.15) is 52.7 Å². The molecule has 0 aromatic carbocycles. The van der Waals surface area contributed by atoms with Gasteiger partial charge in [0.1, 0.15) is 0 Å². The van der Waals surface area contributed by atoms with Crippen LogP contribution < -0.4 is 5.32 Å². The molecule has 0 saturated carbocycles. The second kappa shape index (κ2) is 9.35. The molecule has 1 fully saturated rings. The largest absolute Gasteiger partial charge is 0.409 e. The lowest BCUT2D eigenvalue weighted by Crippen LogP contribution is -2.42. The zero-order chi connectivity index (χ0) is 19.4. The Kier molecular flexibility index (Phi) is 7.95. The van der Waals surface area contributed by atoms with E-state index in [4.69, 9.17) is 32.4 Å². The normalized spacial score (nSPS) is 21.1. The van der Waals surface area contributed by atoms with Crippen LogP contribution in [-0.4, -0.2) is 38.1 Å². The molecule has 1 N–H and O–H groups in total. The van der Waals surface area contributed by atoms with Gasteiger partial charge in [-0.2, -0.15) is 0 Å². The fourth-order valence-electron chi connectivity index (χ4n) is 3.68. The lowest BCUT2D eigenvalue weighted by molar-refractivity contribution is 0.0355. The molecule has 1 aromatic rings. The molecule has 2 rings (SSSR count). The van der Waals surface area contributed by atoms with Crippen LogP contribution in [0.25, 0.3) is 0 Å². The lowest BCUT2D eigenvalue weighted by Gasteiger charge is -2.34. The first kappa shape index (κ1) is 22.1. The molecule has 0 aliphatic carbocycles. The molecular formula is C19H32Cl2N2O2Si. The van der Waals surface area contributed by atoms with Crippen molar-refractivity contribution in [3.63, 3.8) is 0 Å². The SMILES string of the molecule is CC[Si](CC)(CC)OC(CNC1COC(C)(C)C1)c1c(Cl)cncc1Cl. The maximum Gasteiger partial charge on any atom is 0.192 e. The zero-order valence-electron chi connectivity index (χ0n) is 16.6. The lowest BCUT2D eigenvalue weighted by atomic mass is 10.0. The Labute approximate surface area is 169 Å². The fourth-order valence-corrected chi connectivity index (χ4v) is 7.09. The maximum atomic E-state index is 6.78. The number of rotatable bonds is 9. The minimum absolute atomic E-state index is 0.0747. The van der Waals surface area contributed by atoms with Crippen LogP contribution in [0.5, 0.6) is 0 Å². The number of ether oxygens (including phenoxy) is 1. The number of halogens is 2. The number of aromatic nitrogens is 1. The van der Waals surface area contributed by atoms with Crippen LogP contribution in [0.2, 0.25) is 28.2 Å². The first-order valence-corrected chi connectivity index (χ1v) is 12.9. The topological polar surface area (TPSA) is 43.4 Å². The van der Waals surface area contributed by atoms with Crippen molar-refractivity contribution in [1.29, 1.82) is 0 Å². The highest BCUT2D eigenvalue weighted by atomic mass is 35.5. The van der Waals surface area contributed by atoms with Gasteiger partial charge in [0.05, 0.1) is 28.4 Å². The van der Waals surface area contributed by atoms with Crippen molar-refractivity contribution in [2.75, 3.05) is 13.2 Å². The summed E-state index contributed by atoms with van der Waals surface area (Å²) in [7, 11) is -1.82. The molecule has 0 bridgehead atoms. The van der Waals surface area contributed by atoms with Crippen LogP contribution in [0.4, 0.5) is 0 Å². The minimum atomic E-state index is -1.82. The Balaban J connectivity index is 2.21. The highest BCUT2D eigenvalue weighted by Crippen LogP contribution is 2.36. The predicted molar refractivity (Wildman–Crippen MR) is 112 cm³/mol. The van der Waals surface area contributed by atoms with Crippen molar-refractivity contribution in [2.45, 2.75) is 76.9 Å². The molecule has 2 unspecified atom stereocenters. The van der Waals surface area contributed by atoms with Gasteiger partial charge >= 0.3 is 0 Å². The Morgan fingerprint density at radius 3 is 2.27 bits per heavy atom. The molecule has 7 heteroatoms. The van der Waals surface area contributed by atoms with Crippen molar-refractivity contribution in [3.8, 4) is 0 Å². The molecule has 148 valence electrons. The monoisotopic (exact) mass is 418 g/mol. The van der Waals surface area contributed by atoms with Gasteiger partial charge in [-0.3, -0.25) is 4.98 Å². The van der Waals surface area contributed by atoms with Gasteiger partial charge in [0.2, 0.25) is 0 Å². The number of hydrogen-bond donors (Lipinski definition) is 1. The van der Waals surface area contributed by atoms with E-state index < -0.39 is 8.32 Å². The molecule has 1 aliphatic heterocycles. The Morgan fingerprint density at radius 1 is 1.23 bits per heavy atom. The average Bonchev–Trinajstić information content (AvgIpc) is 2.96. The van der Waals surface area contributed by atoms with Gasteiger partial charge in [-0.1, -0.05) is 44.0 Å². The molecular weight excluding hydrogens is 387 g/mol. The van der Waals surface area contributed by atoms with E-state index >= 15 is 0 Å². The second-order valence-electron chi connectivity index (χ2n) is 7.75. The van der Waals surface area contributed by atoms with E-state index in [0.29, 0.717) is 22.6 Å². The summed E-state index contributed by atoms with van der Waals surface area (Å²) in [5.74, 6) is 0. The zero-order valence-corrected chi connectivity index (χ0v) is 19.1. The summed E-state index contributed by atoms with van der Waals surface area (Å²) >= 11 is 12.9. The molecule has 2 heterocycles. The Hall–Kier alpha value is -0.173. The van der Waals surface area contributed by atoms with E-state index in [9.17, 15) is 0 Å². The summed E-state index contributed by atoms with van der Waals surface area (Å²) in [6.45, 7) is 12.3. The summed E-state index contributed by atoms with van der Waals surface area (Å²) < 4.78 is 12.6. The van der Waals surface area contributed by atoms with Crippen molar-refractivity contribution < 1.29 is 9.16 Å². The number of pyridine rings is 1. The van der Waals surface area contributed by atoms with Gasteiger partial charge in [-0.15, -0.1) is 0 Å². The summed E-state index contributed by atoms with van der Waals surface area (Å²) in [4.78, 5) is 4.09. The maximum absolute atomic E-state index is 6.78. The summed E-state index contributed by atoms with van der Waals surface area (Å²) in [5, 5.41) is 4.76. The second-order valence-corrected chi connectivity index (χ2v) is 13.3. The van der Waals surface area contributed by atoms with E-state index in [-0.39, 0.29) is 11.7 Å². The number of nitrogens with one attached hydrogen (secondary N) is 1. The Morgan fingerprint density at radius 2 is 1.81 bits per heavy atom. The minimum Gasteiger partial charge on any atom is -0.409 e. The van der Waals surface area contributed by atoms with Crippen molar-refractivity contribution in [1.82, 2.24) is 10.3 Å². The molecule has 26 heavy (non-hydrogen) atoms. The van der Waals surface area contributed by atoms with Gasteiger partial charge in [-0.05, 0) is 38.4 Å². The molecule has 0 radical (unpaired) electrons. The molecule has 0 spiro atoms. The van der Waals surface area contributed by atoms with Gasteiger partial charge in [0.15, 0.2) is 8.32 Å². The molecule has 0 amide bonds. The predicted octanol–water partition coefficient (Wildman–Crippen LogP) is 5.61. The van der Waals surface area contributed by atoms with Crippen LogP contribution in [0.15, 0.2) is 12.4 Å². The highest BCUT2D eigenvalue weighted by molar-refractivity contribution is 6.73. The first-order valence-electron chi connectivity index (χ1n) is 9.60. The molecule has 1 saturated heterocycles. The molecule has 2 atom stereocenters. The third-order valence-electron chi connectivity index (χ3n) is 5.54. The van der Waals surface area contributed by atoms with Gasteiger partial charge < -0.3 is 14.5 Å². The van der Waals surface area contributed by atoms with Crippen molar-refractivity contribution in [2.24, 2.45) is 0 Å². The fraction of sp³-hybridized carbons (Fsp3) is 0.737. The van der Waals surface area contributed by atoms with E-state index in [2.05, 4.69) is 44.9 Å². The summed E-state index contributed by atoms with van der Waals surface area (Å²) in [6.07, 6.45) is 4.10. The standard InChI is InChI=1S/C19H32Cl2N2O2Si/c1-6-26(7-2,8-3)25-17(18-15(20)10-22-11-16(18)21)12-23-14-9-19(4,5)24-13-14/h10-11,14,17,23H,6-9,12-13H2,1-5H3. The van der Waals surface area contributed by atoms with Gasteiger partial charge in [0.25, 0.3) is 0 Å². The third kappa shape index (κ3) is 5.43. The van der Waals surface area contributed by atoms with Crippen LogP contribution in [0, 0.1) is 0 Å². The van der Waals surface area contributed by atoms with Gasteiger partial charge in [0, 0.05) is 30.5 Å². The average molecular weight is 419 g/mol. The first-order chi connectivity index (χ1) is 12.3. The third-order valence-corrected chi connectivity index (χ3v) is 10.8. The number of hydrogen-bond acceptors (Lipinski definition) is 4. The summed E-state index contributed by atoms with van der Waals surface area (Å²) in [5.41, 5.74) is 0.774. The Bertz CT molecular complexity index is 568. The smallest absolute Gasteiger partial charge is 0.192 e. The molecule has 1 aliphatic rings. The van der Waals surface area contributed by atoms with Crippen molar-refractivity contribution in [3.05, 3.63) is 28.0 Å². The van der Waals surface area contributed by atoms with Crippen molar-refractivity contribution >= 4 is 31.5 Å². The van der Waals surface area contributed by atoms with E-state index in [0.717, 1.165) is 36.7 Å². The van der Waals surface area contributed by atoms with Crippen LogP contribution >= 0.6 is 23.2 Å². The molecule has 1 aromatic heterocycles. The number of nitrogens with zero attached hydrogens (tertiary/aromatic N) is 1. The van der Waals surface area contributed by atoms with Crippen LogP contribution in [-0.2, 0) is 9.16 Å². The van der Waals surface area contributed by atoms with Crippen LogP contribution in [0.3, 0.4) is 0 Å². The van der Waals surface area contributed by atoms with Gasteiger partial charge in [-0.25, -0.2) is 0 Å². The quantitative estimate of drug-likeness (QED) is 0.529. The highest BCUT2D eigenvalue weighted by Gasteiger charge is 2.36. The van der Waals surface area contributed by atoms with E-state index in [1.807, 2.05) is 0 Å². The van der Waals surface area contributed by atoms with E-state index in [1.165, 1.54) is 0 Å².